The molecule has 0 aliphatic heterocycles. The van der Waals surface area contributed by atoms with Gasteiger partial charge in [0.2, 0.25) is 0 Å². The van der Waals surface area contributed by atoms with Crippen molar-refractivity contribution in [1.82, 2.24) is 4.98 Å². The summed E-state index contributed by atoms with van der Waals surface area (Å²) >= 11 is 0. The molecule has 0 saturated heterocycles. The first kappa shape index (κ1) is 10.2. The lowest BCUT2D eigenvalue weighted by Gasteiger charge is -1.99. The van der Waals surface area contributed by atoms with E-state index in [4.69, 9.17) is 0 Å². The highest BCUT2D eigenvalue weighted by Gasteiger charge is 2.18. The van der Waals surface area contributed by atoms with Gasteiger partial charge in [0.15, 0.2) is 6.29 Å². The van der Waals surface area contributed by atoms with Crippen LogP contribution >= 0.6 is 0 Å². The number of alkyl halides is 2. The number of carbonyl (C=O) groups excluding carboxylic acids is 1. The van der Waals surface area contributed by atoms with Gasteiger partial charge in [-0.1, -0.05) is 0 Å². The first-order valence-electron chi connectivity index (χ1n) is 3.44. The van der Waals surface area contributed by atoms with Crippen molar-refractivity contribution >= 4 is 12.0 Å². The molecule has 0 N–H and O–H groups in total. The minimum absolute atomic E-state index is 0.145. The molecule has 0 radical (unpaired) electrons. The Labute approximate surface area is 76.5 Å². The van der Waals surface area contributed by atoms with Crippen LogP contribution in [0.5, 0.6) is 0 Å². The average Bonchev–Trinajstić information content (AvgIpc) is 2.16. The number of carbonyl (C=O) groups is 1. The summed E-state index contributed by atoms with van der Waals surface area (Å²) in [4.78, 5) is 22.9. The van der Waals surface area contributed by atoms with Crippen LogP contribution in [0.1, 0.15) is 22.5 Å². The molecule has 1 rings (SSSR count). The third-order valence-corrected chi connectivity index (χ3v) is 1.48. The van der Waals surface area contributed by atoms with Crippen LogP contribution in [0, 0.1) is 10.1 Å². The zero-order valence-corrected chi connectivity index (χ0v) is 6.68. The Balaban J connectivity index is 3.25. The molecule has 1 aromatic rings. The zero-order valence-electron chi connectivity index (χ0n) is 6.68. The van der Waals surface area contributed by atoms with Gasteiger partial charge < -0.3 is 0 Å². The number of nitro groups is 1. The molecule has 0 fully saturated rings. The fourth-order valence-electron chi connectivity index (χ4n) is 0.847. The normalized spacial score (nSPS) is 10.2. The molecule has 0 bridgehead atoms. The molecular formula is C7H4F2N2O3. The number of nitrogens with zero attached hydrogens (tertiary/aromatic N) is 2. The highest BCUT2D eigenvalue weighted by atomic mass is 19.3. The minimum atomic E-state index is -2.85. The molecule has 5 nitrogen and oxygen atoms in total. The van der Waals surface area contributed by atoms with Gasteiger partial charge in [-0.15, -0.1) is 0 Å². The van der Waals surface area contributed by atoms with E-state index in [2.05, 4.69) is 4.98 Å². The molecule has 7 heteroatoms. The van der Waals surface area contributed by atoms with E-state index >= 15 is 0 Å². The maximum atomic E-state index is 12.1. The molecule has 14 heavy (non-hydrogen) atoms. The van der Waals surface area contributed by atoms with Crippen LogP contribution in [0.3, 0.4) is 0 Å². The van der Waals surface area contributed by atoms with E-state index in [-0.39, 0.29) is 6.29 Å². The summed E-state index contributed by atoms with van der Waals surface area (Å²) in [6, 6.07) is 0.704. The Morgan fingerprint density at radius 2 is 2.21 bits per heavy atom. The Morgan fingerprint density at radius 3 is 2.64 bits per heavy atom. The third kappa shape index (κ3) is 1.87. The third-order valence-electron chi connectivity index (χ3n) is 1.48. The van der Waals surface area contributed by atoms with E-state index in [0.29, 0.717) is 12.3 Å². The molecule has 74 valence electrons. The van der Waals surface area contributed by atoms with Gasteiger partial charge >= 0.3 is 0 Å². The van der Waals surface area contributed by atoms with E-state index in [1.54, 1.807) is 0 Å². The molecule has 1 aromatic heterocycles. The van der Waals surface area contributed by atoms with Crippen molar-refractivity contribution in [3.8, 4) is 0 Å². The summed E-state index contributed by atoms with van der Waals surface area (Å²) in [7, 11) is 0. The van der Waals surface area contributed by atoms with Crippen LogP contribution in [-0.2, 0) is 0 Å². The Morgan fingerprint density at radius 1 is 1.57 bits per heavy atom. The van der Waals surface area contributed by atoms with Gasteiger partial charge in [0.25, 0.3) is 12.1 Å². The van der Waals surface area contributed by atoms with Crippen molar-refractivity contribution in [3.63, 3.8) is 0 Å². The second-order valence-electron chi connectivity index (χ2n) is 2.34. The summed E-state index contributed by atoms with van der Waals surface area (Å²) in [5, 5.41) is 10.3. The van der Waals surface area contributed by atoms with Crippen molar-refractivity contribution in [3.05, 3.63) is 33.6 Å². The Hall–Kier alpha value is -1.92. The van der Waals surface area contributed by atoms with Crippen molar-refractivity contribution in [1.29, 1.82) is 0 Å². The predicted octanol–water partition coefficient (Wildman–Crippen LogP) is 1.74. The summed E-state index contributed by atoms with van der Waals surface area (Å²) in [5.41, 5.74) is -1.64. The van der Waals surface area contributed by atoms with E-state index in [9.17, 15) is 23.7 Å². The maximum absolute atomic E-state index is 12.1. The summed E-state index contributed by atoms with van der Waals surface area (Å²) < 4.78 is 24.1. The number of halogens is 2. The summed E-state index contributed by atoms with van der Waals surface area (Å²) in [6.45, 7) is 0. The molecule has 0 spiro atoms. The van der Waals surface area contributed by atoms with Crippen LogP contribution in [0.4, 0.5) is 14.5 Å². The van der Waals surface area contributed by atoms with E-state index in [1.165, 1.54) is 0 Å². The number of hydrogen-bond acceptors (Lipinski definition) is 4. The van der Waals surface area contributed by atoms with Gasteiger partial charge in [-0.05, 0) is 6.07 Å². The number of pyridine rings is 1. The van der Waals surface area contributed by atoms with Gasteiger partial charge in [-0.3, -0.25) is 14.9 Å². The van der Waals surface area contributed by atoms with Crippen molar-refractivity contribution in [2.45, 2.75) is 6.43 Å². The van der Waals surface area contributed by atoms with E-state index < -0.39 is 28.3 Å². The van der Waals surface area contributed by atoms with Crippen LogP contribution in [0.25, 0.3) is 0 Å². The fourth-order valence-corrected chi connectivity index (χ4v) is 0.847. The predicted molar refractivity (Wildman–Crippen MR) is 41.2 cm³/mol. The van der Waals surface area contributed by atoms with Gasteiger partial charge in [0.05, 0.1) is 10.5 Å². The van der Waals surface area contributed by atoms with Crippen LogP contribution < -0.4 is 0 Å². The summed E-state index contributed by atoms with van der Waals surface area (Å²) in [5.74, 6) is 0. The van der Waals surface area contributed by atoms with E-state index in [1.807, 2.05) is 0 Å². The average molecular weight is 202 g/mol. The van der Waals surface area contributed by atoms with Crippen LogP contribution in [0.15, 0.2) is 12.3 Å². The van der Waals surface area contributed by atoms with E-state index in [0.717, 1.165) is 0 Å². The zero-order chi connectivity index (χ0) is 10.7. The number of rotatable bonds is 3. The minimum Gasteiger partial charge on any atom is -0.298 e. The first-order valence-corrected chi connectivity index (χ1v) is 3.44. The standard InChI is InChI=1S/C7H4F2N2O3/c8-7(9)5-1-4(3-12)6(2-10-5)11(13)14/h1-3,7H. The second kappa shape index (κ2) is 3.86. The SMILES string of the molecule is O=Cc1cc(C(F)F)ncc1[N+](=O)[O-]. The number of aldehydes is 1. The molecular weight excluding hydrogens is 198 g/mol. The largest absolute Gasteiger partial charge is 0.298 e. The van der Waals surface area contributed by atoms with Crippen LogP contribution in [-0.4, -0.2) is 16.2 Å². The molecule has 1 heterocycles. The maximum Gasteiger partial charge on any atom is 0.298 e. The number of aromatic nitrogens is 1. The Kier molecular flexibility index (Phi) is 2.80. The lowest BCUT2D eigenvalue weighted by atomic mass is 10.2. The number of hydrogen-bond donors (Lipinski definition) is 0. The van der Waals surface area contributed by atoms with Gasteiger partial charge in [0, 0.05) is 0 Å². The highest BCUT2D eigenvalue weighted by molar-refractivity contribution is 5.81. The second-order valence-corrected chi connectivity index (χ2v) is 2.34. The smallest absolute Gasteiger partial charge is 0.298 e. The fraction of sp³-hybridized carbons (Fsp3) is 0.143. The van der Waals surface area contributed by atoms with Gasteiger partial charge in [-0.2, -0.15) is 0 Å². The molecule has 0 aliphatic rings. The lowest BCUT2D eigenvalue weighted by molar-refractivity contribution is -0.385. The van der Waals surface area contributed by atoms with Crippen molar-refractivity contribution in [2.75, 3.05) is 0 Å². The van der Waals surface area contributed by atoms with Crippen molar-refractivity contribution < 1.29 is 18.5 Å². The molecule has 0 amide bonds. The lowest BCUT2D eigenvalue weighted by Crippen LogP contribution is -1.99. The van der Waals surface area contributed by atoms with Crippen LogP contribution in [0.2, 0.25) is 0 Å². The monoisotopic (exact) mass is 202 g/mol. The highest BCUT2D eigenvalue weighted by Crippen LogP contribution is 2.22. The molecule has 0 aromatic carbocycles. The molecule has 0 unspecified atom stereocenters. The van der Waals surface area contributed by atoms with Crippen molar-refractivity contribution in [2.24, 2.45) is 0 Å². The molecule has 0 saturated carbocycles. The summed E-state index contributed by atoms with van der Waals surface area (Å²) in [6.07, 6.45) is -2.06. The Bertz CT molecular complexity index is 381. The molecule has 0 atom stereocenters. The quantitative estimate of drug-likeness (QED) is 0.425. The van der Waals surface area contributed by atoms with Gasteiger partial charge in [0.1, 0.15) is 11.9 Å². The topological polar surface area (TPSA) is 73.1 Å². The molecule has 0 aliphatic carbocycles. The van der Waals surface area contributed by atoms with Gasteiger partial charge in [-0.25, -0.2) is 13.8 Å². The first-order chi connectivity index (χ1) is 6.56.